The first-order valence-electron chi connectivity index (χ1n) is 40.6. The molecule has 0 spiro atoms. The van der Waals surface area contributed by atoms with Gasteiger partial charge in [0.2, 0.25) is 0 Å². The number of rotatable bonds is 74. The van der Waals surface area contributed by atoms with Crippen LogP contribution in [0.1, 0.15) is 335 Å². The highest BCUT2D eigenvalue weighted by molar-refractivity contribution is 5.71. The van der Waals surface area contributed by atoms with Crippen molar-refractivity contribution in [2.45, 2.75) is 347 Å². The van der Waals surface area contributed by atoms with Crippen molar-refractivity contribution in [1.82, 2.24) is 0 Å². The minimum atomic E-state index is -1.52. The fourth-order valence-corrected chi connectivity index (χ4v) is 11.2. The van der Waals surface area contributed by atoms with Gasteiger partial charge in [0, 0.05) is 12.8 Å². The smallest absolute Gasteiger partial charge is 0.361 e. The Balaban J connectivity index is 4.04. The molecule has 0 aromatic rings. The third kappa shape index (κ3) is 80.1. The standard InChI is InChI=1S/C90H151NO8/c1-6-8-10-12-14-16-18-20-22-24-26-28-30-32-34-36-38-40-42-43-44-45-47-48-50-52-54-56-58-60-62-64-66-68-70-72-74-76-78-80-87(92)97-84-86(85-98-90(89(94)95)96-83-82-91(3,4)5)99-88(93)81-79-77-75-73-71-69-67-65-63-61-59-57-55-53-51-49-46-41-39-37-35-33-31-29-27-25-23-21-19-17-15-13-11-9-7-2/h8-11,14-17,20-23,26-29,32-35,39,41,49,51,55,57,86,90H,6-7,12-13,18-19,24-25,30-31,36-38,40,42-48,50,52-54,56,58-85H2,1-5H3/p+1/b10-8-,11-9-,16-14-,17-15-,22-20-,23-21-,28-26-,29-27-,34-32-,35-33-,41-39-,51-49-,57-55-. The molecule has 0 aromatic carbocycles. The number of carboxylic acids is 1. The van der Waals surface area contributed by atoms with Gasteiger partial charge in [-0.1, -0.05) is 358 Å². The molecule has 0 fully saturated rings. The Morgan fingerprint density at radius 1 is 0.303 bits per heavy atom. The first-order chi connectivity index (χ1) is 48.6. The van der Waals surface area contributed by atoms with Crippen LogP contribution in [-0.4, -0.2) is 87.4 Å². The summed E-state index contributed by atoms with van der Waals surface area (Å²) in [4.78, 5) is 37.8. The van der Waals surface area contributed by atoms with Crippen LogP contribution in [-0.2, 0) is 33.3 Å². The zero-order chi connectivity index (χ0) is 71.8. The molecule has 2 unspecified atom stereocenters. The van der Waals surface area contributed by atoms with Crippen LogP contribution in [0.3, 0.4) is 0 Å². The number of aliphatic carboxylic acids is 1. The maximum absolute atomic E-state index is 13.0. The molecule has 1 N–H and O–H groups in total. The molecule has 0 rings (SSSR count). The molecule has 0 saturated heterocycles. The van der Waals surface area contributed by atoms with Crippen LogP contribution in [0.15, 0.2) is 158 Å². The average Bonchev–Trinajstić information content (AvgIpc) is 1.16. The van der Waals surface area contributed by atoms with Crippen molar-refractivity contribution < 1.29 is 42.9 Å². The van der Waals surface area contributed by atoms with Crippen molar-refractivity contribution in [3.63, 3.8) is 0 Å². The summed E-state index contributed by atoms with van der Waals surface area (Å²) < 4.78 is 23.0. The van der Waals surface area contributed by atoms with Gasteiger partial charge in [0.1, 0.15) is 13.2 Å². The van der Waals surface area contributed by atoms with E-state index in [1.54, 1.807) is 0 Å². The lowest BCUT2D eigenvalue weighted by Gasteiger charge is -2.25. The van der Waals surface area contributed by atoms with E-state index in [1.807, 2.05) is 21.1 Å². The van der Waals surface area contributed by atoms with Crippen molar-refractivity contribution >= 4 is 17.9 Å². The van der Waals surface area contributed by atoms with Crippen molar-refractivity contribution in [3.8, 4) is 0 Å². The molecular weight excluding hydrogens is 1220 g/mol. The van der Waals surface area contributed by atoms with Gasteiger partial charge in [-0.05, 0) is 122 Å². The van der Waals surface area contributed by atoms with Crippen LogP contribution in [0.5, 0.6) is 0 Å². The monoisotopic (exact) mass is 1380 g/mol. The number of hydrogen-bond donors (Lipinski definition) is 1. The predicted molar refractivity (Wildman–Crippen MR) is 428 cm³/mol. The number of esters is 2. The van der Waals surface area contributed by atoms with Crippen molar-refractivity contribution in [2.75, 3.05) is 47.5 Å². The van der Waals surface area contributed by atoms with Crippen LogP contribution < -0.4 is 0 Å². The van der Waals surface area contributed by atoms with E-state index in [1.165, 1.54) is 173 Å². The number of likely N-dealkylation sites (N-methyl/N-ethyl adjacent to an activating group) is 1. The Bertz CT molecular complexity index is 2200. The lowest BCUT2D eigenvalue weighted by Crippen LogP contribution is -2.40. The summed E-state index contributed by atoms with van der Waals surface area (Å²) in [6.45, 7) is 4.66. The largest absolute Gasteiger partial charge is 0.477 e. The summed E-state index contributed by atoms with van der Waals surface area (Å²) >= 11 is 0. The quantitative estimate of drug-likeness (QED) is 0.0211. The van der Waals surface area contributed by atoms with E-state index in [0.29, 0.717) is 23.9 Å². The van der Waals surface area contributed by atoms with E-state index in [4.69, 9.17) is 18.9 Å². The van der Waals surface area contributed by atoms with Gasteiger partial charge in [-0.15, -0.1) is 0 Å². The fraction of sp³-hybridized carbons (Fsp3) is 0.678. The molecule has 0 aliphatic rings. The number of nitrogens with zero attached hydrogens (tertiary/aromatic N) is 1. The maximum atomic E-state index is 13.0. The Hall–Kier alpha value is -5.09. The number of ether oxygens (including phenoxy) is 4. The molecule has 9 nitrogen and oxygen atoms in total. The summed E-state index contributed by atoms with van der Waals surface area (Å²) in [5.41, 5.74) is 0. The molecule has 0 aliphatic carbocycles. The van der Waals surface area contributed by atoms with Crippen molar-refractivity contribution in [3.05, 3.63) is 158 Å². The fourth-order valence-electron chi connectivity index (χ4n) is 11.2. The number of carbonyl (C=O) groups is 3. The Morgan fingerprint density at radius 3 is 0.808 bits per heavy atom. The van der Waals surface area contributed by atoms with E-state index in [-0.39, 0.29) is 32.2 Å². The third-order valence-electron chi connectivity index (χ3n) is 17.3. The number of allylic oxidation sites excluding steroid dienone is 26. The lowest BCUT2D eigenvalue weighted by atomic mass is 10.0. The summed E-state index contributed by atoms with van der Waals surface area (Å²) in [7, 11) is 5.98. The lowest BCUT2D eigenvalue weighted by molar-refractivity contribution is -0.870. The molecule has 564 valence electrons. The molecule has 0 aromatic heterocycles. The normalized spacial score (nSPS) is 13.5. The highest BCUT2D eigenvalue weighted by Gasteiger charge is 2.25. The topological polar surface area (TPSA) is 108 Å². The van der Waals surface area contributed by atoms with Gasteiger partial charge in [0.05, 0.1) is 34.4 Å². The van der Waals surface area contributed by atoms with E-state index in [9.17, 15) is 19.5 Å². The van der Waals surface area contributed by atoms with Crippen molar-refractivity contribution in [1.29, 1.82) is 0 Å². The first kappa shape index (κ1) is 93.9. The second kappa shape index (κ2) is 78.6. The molecule has 0 radical (unpaired) electrons. The van der Waals surface area contributed by atoms with Gasteiger partial charge in [-0.25, -0.2) is 4.79 Å². The van der Waals surface area contributed by atoms with Crippen LogP contribution >= 0.6 is 0 Å². The first-order valence-corrected chi connectivity index (χ1v) is 40.6. The summed E-state index contributed by atoms with van der Waals surface area (Å²) in [6.07, 6.45) is 114. The molecule has 0 saturated carbocycles. The maximum Gasteiger partial charge on any atom is 0.361 e. The minimum absolute atomic E-state index is 0.182. The van der Waals surface area contributed by atoms with E-state index >= 15 is 0 Å². The van der Waals surface area contributed by atoms with Gasteiger partial charge in [0.25, 0.3) is 6.29 Å². The number of hydrogen-bond acceptors (Lipinski definition) is 7. The summed E-state index contributed by atoms with van der Waals surface area (Å²) in [6, 6.07) is 0. The van der Waals surface area contributed by atoms with Gasteiger partial charge in [-0.2, -0.15) is 0 Å². The molecule has 2 atom stereocenters. The third-order valence-corrected chi connectivity index (χ3v) is 17.3. The van der Waals surface area contributed by atoms with E-state index in [2.05, 4.69) is 172 Å². The number of unbranched alkanes of at least 4 members (excludes halogenated alkanes) is 33. The van der Waals surface area contributed by atoms with Gasteiger partial charge < -0.3 is 28.5 Å². The molecule has 0 amide bonds. The SMILES string of the molecule is CC/C=C\C/C=C\C/C=C\C/C=C\C/C=C\C/C=C\C/C=C\C/C=C\CCCCCCCCCCCCC(=O)OC(COC(=O)CCCCCCCCCCCCCCCCCCCCCCCCC/C=C\C/C=C\C/C=C\C/C=C\C/C=C\CC)COC(OCC[N+](C)(C)C)C(=O)O. The molecule has 9 heteroatoms. The molecule has 0 heterocycles. The Morgan fingerprint density at radius 2 is 0.545 bits per heavy atom. The van der Waals surface area contributed by atoms with Crippen LogP contribution in [0.2, 0.25) is 0 Å². The average molecular weight is 1380 g/mol. The van der Waals surface area contributed by atoms with Crippen molar-refractivity contribution in [2.24, 2.45) is 0 Å². The van der Waals surface area contributed by atoms with E-state index < -0.39 is 24.3 Å². The highest BCUT2D eigenvalue weighted by Crippen LogP contribution is 2.18. The zero-order valence-electron chi connectivity index (χ0n) is 64.6. The number of carbonyl (C=O) groups excluding carboxylic acids is 2. The van der Waals surface area contributed by atoms with E-state index in [0.717, 1.165) is 128 Å². The number of quaternary nitrogens is 1. The second-order valence-electron chi connectivity index (χ2n) is 28.0. The molecule has 0 aliphatic heterocycles. The number of carboxylic acid groups (broad SMARTS) is 1. The predicted octanol–water partition coefficient (Wildman–Crippen LogP) is 26.4. The summed E-state index contributed by atoms with van der Waals surface area (Å²) in [5.74, 6) is -2.01. The molecular formula is C90H152NO8+. The van der Waals surface area contributed by atoms with Gasteiger partial charge >= 0.3 is 17.9 Å². The van der Waals surface area contributed by atoms with Gasteiger partial charge in [-0.3, -0.25) is 9.59 Å². The van der Waals surface area contributed by atoms with Crippen LogP contribution in [0.4, 0.5) is 0 Å². The highest BCUT2D eigenvalue weighted by atomic mass is 16.7. The molecule has 99 heavy (non-hydrogen) atoms. The second-order valence-corrected chi connectivity index (χ2v) is 28.0. The Labute approximate surface area is 610 Å². The zero-order valence-corrected chi connectivity index (χ0v) is 64.6. The molecule has 0 bridgehead atoms. The minimum Gasteiger partial charge on any atom is -0.477 e. The van der Waals surface area contributed by atoms with Crippen LogP contribution in [0.25, 0.3) is 0 Å². The van der Waals surface area contributed by atoms with Gasteiger partial charge in [0.15, 0.2) is 6.10 Å². The summed E-state index contributed by atoms with van der Waals surface area (Å²) in [5, 5.41) is 9.78. The van der Waals surface area contributed by atoms with Crippen LogP contribution in [0, 0.1) is 0 Å². The Kier molecular flexibility index (Phi) is 74.6.